The molecule has 0 aromatic heterocycles. The SMILES string of the molecule is O=C(Nc1ccc2ccccc2c1)Nc1ccccc1I. The van der Waals surface area contributed by atoms with Crippen LogP contribution in [-0.4, -0.2) is 6.03 Å². The molecule has 2 N–H and O–H groups in total. The normalized spacial score (nSPS) is 10.3. The van der Waals surface area contributed by atoms with Gasteiger partial charge in [-0.15, -0.1) is 0 Å². The summed E-state index contributed by atoms with van der Waals surface area (Å²) >= 11 is 2.19. The minimum absolute atomic E-state index is 0.241. The van der Waals surface area contributed by atoms with Gasteiger partial charge >= 0.3 is 6.03 Å². The molecule has 0 aliphatic carbocycles. The molecule has 0 unspecified atom stereocenters. The van der Waals surface area contributed by atoms with E-state index < -0.39 is 0 Å². The van der Waals surface area contributed by atoms with Crippen LogP contribution >= 0.6 is 22.6 Å². The number of rotatable bonds is 2. The molecule has 3 rings (SSSR count). The van der Waals surface area contributed by atoms with Crippen LogP contribution < -0.4 is 10.6 Å². The van der Waals surface area contributed by atoms with Crippen molar-refractivity contribution in [1.29, 1.82) is 0 Å². The molecule has 3 aromatic rings. The Morgan fingerprint density at radius 3 is 2.33 bits per heavy atom. The number of hydrogen-bond acceptors (Lipinski definition) is 1. The van der Waals surface area contributed by atoms with Crippen LogP contribution in [0.4, 0.5) is 16.2 Å². The number of benzene rings is 3. The second kappa shape index (κ2) is 6.13. The van der Waals surface area contributed by atoms with Crippen LogP contribution in [0.3, 0.4) is 0 Å². The predicted molar refractivity (Wildman–Crippen MR) is 95.7 cm³/mol. The highest BCUT2D eigenvalue weighted by atomic mass is 127. The van der Waals surface area contributed by atoms with Crippen molar-refractivity contribution in [3.05, 3.63) is 70.3 Å². The Labute approximate surface area is 136 Å². The number of carbonyl (C=O) groups is 1. The van der Waals surface area contributed by atoms with Crippen molar-refractivity contribution in [2.45, 2.75) is 0 Å². The Kier molecular flexibility index (Phi) is 4.06. The predicted octanol–water partition coefficient (Wildman–Crippen LogP) is 5.09. The molecule has 3 nitrogen and oxygen atoms in total. The molecule has 0 spiro atoms. The maximum Gasteiger partial charge on any atom is 0.323 e. The van der Waals surface area contributed by atoms with E-state index >= 15 is 0 Å². The van der Waals surface area contributed by atoms with Crippen LogP contribution in [0.1, 0.15) is 0 Å². The Morgan fingerprint density at radius 2 is 1.52 bits per heavy atom. The summed E-state index contributed by atoms with van der Waals surface area (Å²) in [4.78, 5) is 12.0. The molecule has 2 amide bonds. The summed E-state index contributed by atoms with van der Waals surface area (Å²) in [6.07, 6.45) is 0. The van der Waals surface area contributed by atoms with Gasteiger partial charge in [-0.25, -0.2) is 4.79 Å². The van der Waals surface area contributed by atoms with E-state index in [0.29, 0.717) is 0 Å². The highest BCUT2D eigenvalue weighted by Crippen LogP contribution is 2.20. The minimum atomic E-state index is -0.241. The van der Waals surface area contributed by atoms with Gasteiger partial charge in [0, 0.05) is 9.26 Å². The summed E-state index contributed by atoms with van der Waals surface area (Å²) < 4.78 is 1.00. The molecule has 0 heterocycles. The van der Waals surface area contributed by atoms with Crippen molar-refractivity contribution >= 4 is 50.8 Å². The summed E-state index contributed by atoms with van der Waals surface area (Å²) in [6.45, 7) is 0. The number of hydrogen-bond donors (Lipinski definition) is 2. The van der Waals surface area contributed by atoms with E-state index in [1.165, 1.54) is 0 Å². The number of halogens is 1. The van der Waals surface area contributed by atoms with Gasteiger partial charge in [0.25, 0.3) is 0 Å². The van der Waals surface area contributed by atoms with Crippen LogP contribution in [0, 0.1) is 3.57 Å². The third-order valence-electron chi connectivity index (χ3n) is 3.13. The first-order valence-electron chi connectivity index (χ1n) is 6.54. The van der Waals surface area contributed by atoms with Crippen molar-refractivity contribution in [2.75, 3.05) is 10.6 Å². The molecule has 0 radical (unpaired) electrons. The first kappa shape index (κ1) is 13.9. The number of nitrogens with one attached hydrogen (secondary N) is 2. The van der Waals surface area contributed by atoms with E-state index in [1.807, 2.05) is 66.7 Å². The lowest BCUT2D eigenvalue weighted by atomic mass is 10.1. The number of urea groups is 1. The number of amides is 2. The summed E-state index contributed by atoms with van der Waals surface area (Å²) in [5.41, 5.74) is 1.58. The molecule has 0 aliphatic rings. The van der Waals surface area contributed by atoms with Crippen molar-refractivity contribution in [3.8, 4) is 0 Å². The third-order valence-corrected chi connectivity index (χ3v) is 4.07. The molecule has 4 heteroatoms. The lowest BCUT2D eigenvalue weighted by molar-refractivity contribution is 0.262. The molecule has 0 atom stereocenters. The van der Waals surface area contributed by atoms with Gasteiger partial charge in [0.15, 0.2) is 0 Å². The van der Waals surface area contributed by atoms with Gasteiger partial charge in [0.05, 0.1) is 5.69 Å². The van der Waals surface area contributed by atoms with E-state index in [4.69, 9.17) is 0 Å². The monoisotopic (exact) mass is 388 g/mol. The average molecular weight is 388 g/mol. The largest absolute Gasteiger partial charge is 0.323 e. The Bertz CT molecular complexity index is 801. The van der Waals surface area contributed by atoms with E-state index in [2.05, 4.69) is 33.2 Å². The highest BCUT2D eigenvalue weighted by molar-refractivity contribution is 14.1. The Morgan fingerprint density at radius 1 is 0.810 bits per heavy atom. The molecule has 0 saturated carbocycles. The summed E-state index contributed by atoms with van der Waals surface area (Å²) in [5, 5.41) is 7.96. The van der Waals surface area contributed by atoms with E-state index in [-0.39, 0.29) is 6.03 Å². The topological polar surface area (TPSA) is 41.1 Å². The molecule has 0 saturated heterocycles. The number of para-hydroxylation sites is 1. The smallest absolute Gasteiger partial charge is 0.308 e. The fourth-order valence-corrected chi connectivity index (χ4v) is 2.64. The molecule has 21 heavy (non-hydrogen) atoms. The van der Waals surface area contributed by atoms with Crippen molar-refractivity contribution in [1.82, 2.24) is 0 Å². The zero-order valence-electron chi connectivity index (χ0n) is 11.1. The van der Waals surface area contributed by atoms with Gasteiger partial charge in [0.1, 0.15) is 0 Å². The van der Waals surface area contributed by atoms with Gasteiger partial charge in [0.2, 0.25) is 0 Å². The first-order chi connectivity index (χ1) is 10.2. The van der Waals surface area contributed by atoms with Crippen LogP contribution in [0.25, 0.3) is 10.8 Å². The third kappa shape index (κ3) is 3.33. The summed E-state index contributed by atoms with van der Waals surface area (Å²) in [7, 11) is 0. The maximum atomic E-state index is 12.0. The standard InChI is InChI=1S/C17H13IN2O/c18-15-7-3-4-8-16(15)20-17(21)19-14-10-9-12-5-1-2-6-13(12)11-14/h1-11H,(H2,19,20,21). The van der Waals surface area contributed by atoms with Crippen molar-refractivity contribution in [2.24, 2.45) is 0 Å². The number of carbonyl (C=O) groups excluding carboxylic acids is 1. The summed E-state index contributed by atoms with van der Waals surface area (Å²) in [6, 6.07) is 21.3. The van der Waals surface area contributed by atoms with Gasteiger partial charge < -0.3 is 10.6 Å². The van der Waals surface area contributed by atoms with Crippen molar-refractivity contribution < 1.29 is 4.79 Å². The molecule has 3 aromatic carbocycles. The van der Waals surface area contributed by atoms with Gasteiger partial charge in [-0.1, -0.05) is 42.5 Å². The second-order valence-corrected chi connectivity index (χ2v) is 5.78. The molecule has 104 valence electrons. The molecular formula is C17H13IN2O. The number of anilines is 2. The lowest BCUT2D eigenvalue weighted by Crippen LogP contribution is -2.19. The summed E-state index contributed by atoms with van der Waals surface area (Å²) in [5.74, 6) is 0. The molecule has 0 bridgehead atoms. The maximum absolute atomic E-state index is 12.0. The van der Waals surface area contributed by atoms with Crippen LogP contribution in [-0.2, 0) is 0 Å². The lowest BCUT2D eigenvalue weighted by Gasteiger charge is -2.09. The van der Waals surface area contributed by atoms with Crippen LogP contribution in [0.5, 0.6) is 0 Å². The van der Waals surface area contributed by atoms with Crippen LogP contribution in [0.2, 0.25) is 0 Å². The minimum Gasteiger partial charge on any atom is -0.308 e. The van der Waals surface area contributed by atoms with Gasteiger partial charge in [-0.05, 0) is 57.6 Å². The molecule has 0 fully saturated rings. The second-order valence-electron chi connectivity index (χ2n) is 4.62. The first-order valence-corrected chi connectivity index (χ1v) is 7.61. The Balaban J connectivity index is 1.75. The zero-order valence-corrected chi connectivity index (χ0v) is 13.3. The zero-order chi connectivity index (χ0) is 14.7. The quantitative estimate of drug-likeness (QED) is 0.590. The fourth-order valence-electron chi connectivity index (χ4n) is 2.11. The molecule has 0 aliphatic heterocycles. The average Bonchev–Trinajstić information content (AvgIpc) is 2.49. The van der Waals surface area contributed by atoms with Crippen LogP contribution in [0.15, 0.2) is 66.7 Å². The highest BCUT2D eigenvalue weighted by Gasteiger charge is 2.05. The van der Waals surface area contributed by atoms with E-state index in [0.717, 1.165) is 25.7 Å². The van der Waals surface area contributed by atoms with Gasteiger partial charge in [-0.3, -0.25) is 0 Å². The fraction of sp³-hybridized carbons (Fsp3) is 0. The van der Waals surface area contributed by atoms with Crippen molar-refractivity contribution in [3.63, 3.8) is 0 Å². The Hall–Kier alpha value is -2.08. The van der Waals surface area contributed by atoms with Gasteiger partial charge in [-0.2, -0.15) is 0 Å². The molecular weight excluding hydrogens is 375 g/mol. The van der Waals surface area contributed by atoms with E-state index in [9.17, 15) is 4.79 Å². The van der Waals surface area contributed by atoms with E-state index in [1.54, 1.807) is 0 Å². The number of fused-ring (bicyclic) bond motifs is 1.